The van der Waals surface area contributed by atoms with Crippen LogP contribution in [0.3, 0.4) is 0 Å². The van der Waals surface area contributed by atoms with Crippen LogP contribution < -0.4 is 20.5 Å². The topological polar surface area (TPSA) is 169 Å². The Hall–Kier alpha value is -5.94. The number of phenols is 4. The third kappa shape index (κ3) is 4.69. The molecule has 6 rings (SSSR count). The molecule has 0 bridgehead atoms. The number of hydrogen-bond acceptors (Lipinski definition) is 11. The lowest BCUT2D eigenvalue weighted by atomic mass is 10.1. The molecule has 4 aromatic carbocycles. The van der Waals surface area contributed by atoms with E-state index in [1.54, 1.807) is 42.5 Å². The Kier molecular flexibility index (Phi) is 6.40. The summed E-state index contributed by atoms with van der Waals surface area (Å²) < 4.78 is 17.6. The van der Waals surface area contributed by atoms with Crippen LogP contribution in [0, 0.1) is 0 Å². The van der Waals surface area contributed by atoms with E-state index in [0.717, 1.165) is 12.1 Å². The molecule has 0 fully saturated rings. The van der Waals surface area contributed by atoms with E-state index in [-0.39, 0.29) is 67.8 Å². The molecule has 0 aliphatic rings. The molecule has 0 aliphatic heterocycles. The van der Waals surface area contributed by atoms with Crippen molar-refractivity contribution in [1.82, 2.24) is 0 Å². The fourth-order valence-corrected chi connectivity index (χ4v) is 4.56. The Morgan fingerprint density at radius 3 is 1.83 bits per heavy atom. The summed E-state index contributed by atoms with van der Waals surface area (Å²) in [7, 11) is 1.29. The first-order chi connectivity index (χ1) is 20.2. The van der Waals surface area contributed by atoms with E-state index in [1.807, 2.05) is 0 Å². The minimum Gasteiger partial charge on any atom is -0.508 e. The van der Waals surface area contributed by atoms with Crippen LogP contribution in [0.1, 0.15) is 0 Å². The van der Waals surface area contributed by atoms with Gasteiger partial charge in [0.05, 0.1) is 12.7 Å². The molecular formula is C31H20O11. The number of phenolic OH excluding ortho intramolecular Hbond substituents is 4. The van der Waals surface area contributed by atoms with Crippen molar-refractivity contribution in [3.8, 4) is 62.9 Å². The van der Waals surface area contributed by atoms with Crippen LogP contribution in [0.5, 0.6) is 40.2 Å². The second kappa shape index (κ2) is 10.2. The molecule has 6 aromatic rings. The number of fused-ring (bicyclic) bond motifs is 2. The lowest BCUT2D eigenvalue weighted by Gasteiger charge is -2.14. The smallest absolute Gasteiger partial charge is 0.218 e. The van der Waals surface area contributed by atoms with Crippen LogP contribution in [-0.2, 0) is 4.89 Å². The second-order valence-corrected chi connectivity index (χ2v) is 9.14. The van der Waals surface area contributed by atoms with Gasteiger partial charge in [0.25, 0.3) is 0 Å². The van der Waals surface area contributed by atoms with Crippen LogP contribution in [0.15, 0.2) is 97.3 Å². The molecular weight excluding hydrogens is 548 g/mol. The highest BCUT2D eigenvalue weighted by Gasteiger charge is 2.20. The standard InChI is InChI=1S/C31H20O11/c1-38-42-31-19(26-14-23(37)30-21(35)10-17(33)12-28(30)41-26)3-2-4-24(31)39-18-7-5-15(6-8-18)25-13-22(36)29-20(34)9-16(32)11-27(29)40-25/h2-14,32-35H,1H3. The monoisotopic (exact) mass is 568 g/mol. The highest BCUT2D eigenvalue weighted by Crippen LogP contribution is 2.42. The van der Waals surface area contributed by atoms with Crippen molar-refractivity contribution < 1.29 is 43.8 Å². The molecule has 0 amide bonds. The molecule has 11 nitrogen and oxygen atoms in total. The minimum atomic E-state index is -0.542. The maximum absolute atomic E-state index is 12.8. The van der Waals surface area contributed by atoms with Gasteiger partial charge in [-0.05, 0) is 36.4 Å². The first kappa shape index (κ1) is 26.3. The molecule has 0 atom stereocenters. The SMILES string of the molecule is COOc1c(Oc2ccc(-c3cc(=O)c4c(O)cc(O)cc4o3)cc2)cccc1-c1cc(=O)c2c(O)cc(O)cc2o1. The second-order valence-electron chi connectivity index (χ2n) is 9.14. The summed E-state index contributed by atoms with van der Waals surface area (Å²) in [6, 6.07) is 18.3. The van der Waals surface area contributed by atoms with E-state index < -0.39 is 16.6 Å². The van der Waals surface area contributed by atoms with Gasteiger partial charge < -0.3 is 38.9 Å². The van der Waals surface area contributed by atoms with Gasteiger partial charge in [0.15, 0.2) is 16.6 Å². The first-order valence-electron chi connectivity index (χ1n) is 12.3. The van der Waals surface area contributed by atoms with Crippen LogP contribution in [-0.4, -0.2) is 27.5 Å². The summed E-state index contributed by atoms with van der Waals surface area (Å²) in [5, 5.41) is 39.6. The maximum atomic E-state index is 12.8. The fraction of sp³-hybridized carbons (Fsp3) is 0.0323. The Morgan fingerprint density at radius 1 is 0.667 bits per heavy atom. The van der Waals surface area contributed by atoms with Crippen molar-refractivity contribution in [1.29, 1.82) is 0 Å². The summed E-state index contributed by atoms with van der Waals surface area (Å²) >= 11 is 0. The number of benzene rings is 4. The normalized spacial score (nSPS) is 11.2. The third-order valence-corrected chi connectivity index (χ3v) is 6.37. The lowest BCUT2D eigenvalue weighted by molar-refractivity contribution is -0.178. The Labute approximate surface area is 235 Å². The number of aromatic hydroxyl groups is 4. The molecule has 42 heavy (non-hydrogen) atoms. The van der Waals surface area contributed by atoms with E-state index in [9.17, 15) is 30.0 Å². The summed E-state index contributed by atoms with van der Waals surface area (Å²) in [5.41, 5.74) is -0.217. The lowest BCUT2D eigenvalue weighted by Crippen LogP contribution is -2.02. The van der Waals surface area contributed by atoms with Gasteiger partial charge in [-0.2, -0.15) is 4.89 Å². The van der Waals surface area contributed by atoms with E-state index in [2.05, 4.69) is 0 Å². The van der Waals surface area contributed by atoms with Gasteiger partial charge >= 0.3 is 0 Å². The number of para-hydroxylation sites is 1. The average molecular weight is 568 g/mol. The van der Waals surface area contributed by atoms with Gasteiger partial charge in [-0.25, -0.2) is 0 Å². The highest BCUT2D eigenvalue weighted by atomic mass is 17.2. The van der Waals surface area contributed by atoms with Gasteiger partial charge in [0.1, 0.15) is 62.2 Å². The summed E-state index contributed by atoms with van der Waals surface area (Å²) in [6.45, 7) is 0. The van der Waals surface area contributed by atoms with E-state index >= 15 is 0 Å². The maximum Gasteiger partial charge on any atom is 0.218 e. The molecule has 2 heterocycles. The average Bonchev–Trinajstić information content (AvgIpc) is 2.93. The molecule has 0 saturated carbocycles. The predicted molar refractivity (Wildman–Crippen MR) is 150 cm³/mol. The molecule has 0 saturated heterocycles. The van der Waals surface area contributed by atoms with Gasteiger partial charge in [-0.3, -0.25) is 9.59 Å². The Bertz CT molecular complexity index is 2110. The van der Waals surface area contributed by atoms with Crippen molar-refractivity contribution >= 4 is 21.9 Å². The minimum absolute atomic E-state index is 0.0271. The zero-order valence-electron chi connectivity index (χ0n) is 21.7. The van der Waals surface area contributed by atoms with Gasteiger partial charge in [0, 0.05) is 42.0 Å². The molecule has 2 aromatic heterocycles. The molecule has 4 N–H and O–H groups in total. The van der Waals surface area contributed by atoms with E-state index in [0.29, 0.717) is 11.3 Å². The Balaban J connectivity index is 1.36. The zero-order valence-corrected chi connectivity index (χ0v) is 21.7. The van der Waals surface area contributed by atoms with Crippen LogP contribution in [0.4, 0.5) is 0 Å². The Morgan fingerprint density at radius 2 is 1.24 bits per heavy atom. The van der Waals surface area contributed by atoms with Crippen molar-refractivity contribution in [3.63, 3.8) is 0 Å². The summed E-state index contributed by atoms with van der Waals surface area (Å²) in [5.74, 6) is -0.421. The highest BCUT2D eigenvalue weighted by molar-refractivity contribution is 5.87. The van der Waals surface area contributed by atoms with Crippen LogP contribution in [0.25, 0.3) is 44.6 Å². The fourth-order valence-electron chi connectivity index (χ4n) is 4.56. The molecule has 0 radical (unpaired) electrons. The molecule has 0 aliphatic carbocycles. The van der Waals surface area contributed by atoms with E-state index in [4.69, 9.17) is 23.3 Å². The largest absolute Gasteiger partial charge is 0.508 e. The van der Waals surface area contributed by atoms with Crippen molar-refractivity contribution in [2.75, 3.05) is 7.11 Å². The predicted octanol–water partition coefficient (Wildman–Crippen LogP) is 5.79. The first-order valence-corrected chi connectivity index (χ1v) is 12.3. The summed E-state index contributed by atoms with van der Waals surface area (Å²) in [6.07, 6.45) is 0. The van der Waals surface area contributed by atoms with Crippen molar-refractivity contribution in [2.45, 2.75) is 0 Å². The number of ether oxygens (including phenoxy) is 1. The van der Waals surface area contributed by atoms with Crippen molar-refractivity contribution in [3.05, 3.63) is 99.3 Å². The quantitative estimate of drug-likeness (QED) is 0.142. The molecule has 210 valence electrons. The zero-order chi connectivity index (χ0) is 29.5. The number of hydrogen-bond donors (Lipinski definition) is 4. The van der Waals surface area contributed by atoms with Gasteiger partial charge in [-0.1, -0.05) is 6.07 Å². The molecule has 0 spiro atoms. The van der Waals surface area contributed by atoms with Crippen molar-refractivity contribution in [2.24, 2.45) is 0 Å². The van der Waals surface area contributed by atoms with Crippen LogP contribution >= 0.6 is 0 Å². The molecule has 11 heteroatoms. The third-order valence-electron chi connectivity index (χ3n) is 6.37. The van der Waals surface area contributed by atoms with Gasteiger partial charge in [-0.15, -0.1) is 0 Å². The van der Waals surface area contributed by atoms with Crippen LogP contribution in [0.2, 0.25) is 0 Å². The summed E-state index contributed by atoms with van der Waals surface area (Å²) in [4.78, 5) is 35.6. The number of rotatable bonds is 6. The van der Waals surface area contributed by atoms with E-state index in [1.165, 1.54) is 31.4 Å². The molecule has 0 unspecified atom stereocenters. The van der Waals surface area contributed by atoms with Gasteiger partial charge in [0.2, 0.25) is 5.75 Å².